The Labute approximate surface area is 252 Å². The van der Waals surface area contributed by atoms with Gasteiger partial charge in [0.2, 0.25) is 11.7 Å². The zero-order valence-corrected chi connectivity index (χ0v) is 24.5. The number of nitrogens with zero attached hydrogens (tertiary/aromatic N) is 6. The van der Waals surface area contributed by atoms with Crippen LogP contribution in [0, 0.1) is 33.0 Å². The molecule has 0 bridgehead atoms. The highest BCUT2D eigenvalue weighted by atomic mass is 32.2. The lowest BCUT2D eigenvalue weighted by atomic mass is 10.2. The molecule has 0 aliphatic heterocycles. The van der Waals surface area contributed by atoms with Crippen LogP contribution in [0.4, 0.5) is 27.1 Å². The van der Waals surface area contributed by atoms with Gasteiger partial charge in [-0.25, -0.2) is 4.98 Å². The average molecular weight is 642 g/mol. The normalized spacial score (nSPS) is 11.3. The highest BCUT2D eigenvalue weighted by molar-refractivity contribution is 8.01. The average Bonchev–Trinajstić information content (AvgIpc) is 3.56. The Hall–Kier alpha value is -4.32. The summed E-state index contributed by atoms with van der Waals surface area (Å²) in [4.78, 5) is 43.0. The lowest BCUT2D eigenvalue weighted by Crippen LogP contribution is -2.14. The fourth-order valence-electron chi connectivity index (χ4n) is 3.50. The first-order chi connectivity index (χ1) is 20.1. The fourth-order valence-corrected chi connectivity index (χ4v) is 7.25. The van der Waals surface area contributed by atoms with Crippen LogP contribution in [-0.4, -0.2) is 42.9 Å². The summed E-state index contributed by atoms with van der Waals surface area (Å²) >= 11 is 5.09. The molecule has 3 aromatic carbocycles. The number of hydrogen-bond acceptors (Lipinski definition) is 13. The van der Waals surface area contributed by atoms with E-state index in [1.165, 1.54) is 58.3 Å². The van der Waals surface area contributed by atoms with E-state index in [2.05, 4.69) is 25.5 Å². The molecule has 1 amide bonds. The number of carbonyl (C=O) groups is 1. The van der Waals surface area contributed by atoms with Gasteiger partial charge in [0, 0.05) is 24.0 Å². The summed E-state index contributed by atoms with van der Waals surface area (Å²) in [6.45, 7) is 1.81. The molecule has 17 heteroatoms. The largest absolute Gasteiger partial charge is 0.325 e. The smallest absolute Gasteiger partial charge is 0.306 e. The molecule has 12 nitrogen and oxygen atoms in total. The molecule has 5 aromatic rings. The van der Waals surface area contributed by atoms with Gasteiger partial charge in [0.25, 0.3) is 5.69 Å². The van der Waals surface area contributed by atoms with Crippen LogP contribution in [0.1, 0.15) is 10.6 Å². The second-order valence-corrected chi connectivity index (χ2v) is 13.0. The minimum absolute atomic E-state index is 0.0122. The summed E-state index contributed by atoms with van der Waals surface area (Å²) in [7, 11) is 0. The standard InChI is InChI=1S/C25H16FN7O5S4/c1-13-30-31-25(40-13)41-21-7-2-14(8-20(21)33(37)38)11-27-15-4-6-18-22(10-15)42-24(29-18)39-12-23(34)28-16-3-5-17(26)19(9-16)32(35)36/h2-11H,12H2,1H3,(H,28,34). The van der Waals surface area contributed by atoms with Crippen molar-refractivity contribution in [3.63, 3.8) is 0 Å². The number of hydrogen-bond donors (Lipinski definition) is 1. The molecule has 0 fully saturated rings. The highest BCUT2D eigenvalue weighted by Gasteiger charge is 2.18. The number of aryl methyl sites for hydroxylation is 1. The third kappa shape index (κ3) is 7.11. The highest BCUT2D eigenvalue weighted by Crippen LogP contribution is 2.37. The third-order valence-electron chi connectivity index (χ3n) is 5.35. The maximum atomic E-state index is 13.5. The first-order valence-corrected chi connectivity index (χ1v) is 15.2. The second kappa shape index (κ2) is 12.7. The Balaban J connectivity index is 1.24. The minimum Gasteiger partial charge on any atom is -0.325 e. The van der Waals surface area contributed by atoms with Gasteiger partial charge in [0.15, 0.2) is 8.68 Å². The van der Waals surface area contributed by atoms with Gasteiger partial charge in [-0.1, -0.05) is 40.9 Å². The Kier molecular flexibility index (Phi) is 8.81. The number of thioether (sulfide) groups is 1. The van der Waals surface area contributed by atoms with Crippen molar-refractivity contribution in [3.8, 4) is 0 Å². The second-order valence-electron chi connectivity index (χ2n) is 8.32. The Morgan fingerprint density at radius 1 is 1.02 bits per heavy atom. The summed E-state index contributed by atoms with van der Waals surface area (Å²) in [5.74, 6) is -1.43. The van der Waals surface area contributed by atoms with Gasteiger partial charge in [0.05, 0.1) is 36.4 Å². The van der Waals surface area contributed by atoms with Gasteiger partial charge in [-0.3, -0.25) is 30.0 Å². The van der Waals surface area contributed by atoms with Crippen molar-refractivity contribution in [1.29, 1.82) is 0 Å². The lowest BCUT2D eigenvalue weighted by molar-refractivity contribution is -0.387. The van der Waals surface area contributed by atoms with Gasteiger partial charge in [-0.05, 0) is 48.9 Å². The molecule has 0 aliphatic rings. The van der Waals surface area contributed by atoms with Crippen LogP contribution in [0.25, 0.3) is 10.2 Å². The van der Waals surface area contributed by atoms with Gasteiger partial charge in [0.1, 0.15) is 5.01 Å². The molecule has 0 spiro atoms. The van der Waals surface area contributed by atoms with Gasteiger partial charge < -0.3 is 5.32 Å². The van der Waals surface area contributed by atoms with Gasteiger partial charge in [-0.2, -0.15) is 4.39 Å². The fraction of sp³-hybridized carbons (Fsp3) is 0.0800. The molecule has 0 saturated heterocycles. The maximum absolute atomic E-state index is 13.5. The van der Waals surface area contributed by atoms with Crippen molar-refractivity contribution in [2.45, 2.75) is 20.5 Å². The van der Waals surface area contributed by atoms with Crippen LogP contribution in [0.15, 0.2) is 73.2 Å². The molecule has 2 heterocycles. The number of nitrogens with one attached hydrogen (secondary N) is 1. The molecular weight excluding hydrogens is 626 g/mol. The van der Waals surface area contributed by atoms with E-state index in [0.717, 1.165) is 21.8 Å². The molecule has 0 atom stereocenters. The molecule has 1 N–H and O–H groups in total. The number of amides is 1. The quantitative estimate of drug-likeness (QED) is 0.0723. The van der Waals surface area contributed by atoms with E-state index in [0.29, 0.717) is 30.3 Å². The minimum atomic E-state index is -0.987. The van der Waals surface area contributed by atoms with Crippen LogP contribution >= 0.6 is 46.2 Å². The summed E-state index contributed by atoms with van der Waals surface area (Å²) < 4.78 is 15.6. The predicted octanol–water partition coefficient (Wildman–Crippen LogP) is 7.04. The first-order valence-electron chi connectivity index (χ1n) is 11.7. The van der Waals surface area contributed by atoms with Crippen molar-refractivity contribution in [2.75, 3.05) is 11.1 Å². The number of thiazole rings is 1. The number of aliphatic imine (C=N–C) groups is 1. The van der Waals surface area contributed by atoms with Crippen molar-refractivity contribution < 1.29 is 19.0 Å². The van der Waals surface area contributed by atoms with Crippen LogP contribution < -0.4 is 5.32 Å². The summed E-state index contributed by atoms with van der Waals surface area (Å²) in [6.07, 6.45) is 1.54. The zero-order valence-electron chi connectivity index (χ0n) is 21.2. The number of benzene rings is 3. The van der Waals surface area contributed by atoms with Crippen LogP contribution in [0.5, 0.6) is 0 Å². The molecule has 5 rings (SSSR count). The van der Waals surface area contributed by atoms with E-state index in [1.54, 1.807) is 30.5 Å². The lowest BCUT2D eigenvalue weighted by Gasteiger charge is -2.04. The number of nitro groups is 2. The van der Waals surface area contributed by atoms with Crippen LogP contribution in [0.3, 0.4) is 0 Å². The Morgan fingerprint density at radius 3 is 2.57 bits per heavy atom. The van der Waals surface area contributed by atoms with E-state index in [9.17, 15) is 29.4 Å². The van der Waals surface area contributed by atoms with Crippen LogP contribution in [0.2, 0.25) is 0 Å². The number of rotatable bonds is 10. The summed E-state index contributed by atoms with van der Waals surface area (Å²) in [5, 5.41) is 33.8. The van der Waals surface area contributed by atoms with Gasteiger partial charge >= 0.3 is 5.69 Å². The maximum Gasteiger partial charge on any atom is 0.306 e. The molecular formula is C25H16FN7O5S4. The molecule has 212 valence electrons. The van der Waals surface area contributed by atoms with Crippen molar-refractivity contribution in [1.82, 2.24) is 15.2 Å². The number of halogens is 1. The summed E-state index contributed by atoms with van der Waals surface area (Å²) in [5.41, 5.74) is 1.21. The van der Waals surface area contributed by atoms with Gasteiger partial charge in [-0.15, -0.1) is 21.5 Å². The van der Waals surface area contributed by atoms with E-state index in [4.69, 9.17) is 0 Å². The van der Waals surface area contributed by atoms with E-state index in [-0.39, 0.29) is 17.1 Å². The van der Waals surface area contributed by atoms with E-state index in [1.807, 2.05) is 13.0 Å². The van der Waals surface area contributed by atoms with Crippen molar-refractivity contribution in [2.24, 2.45) is 4.99 Å². The topological polar surface area (TPSA) is 166 Å². The molecule has 0 unspecified atom stereocenters. The van der Waals surface area contributed by atoms with Crippen LogP contribution in [-0.2, 0) is 4.79 Å². The van der Waals surface area contributed by atoms with Crippen molar-refractivity contribution >= 4 is 91.3 Å². The molecule has 42 heavy (non-hydrogen) atoms. The summed E-state index contributed by atoms with van der Waals surface area (Å²) in [6, 6.07) is 13.3. The third-order valence-corrected chi connectivity index (χ3v) is 9.47. The number of fused-ring (bicyclic) bond motifs is 1. The number of aromatic nitrogens is 3. The molecule has 0 radical (unpaired) electrons. The Morgan fingerprint density at radius 2 is 1.83 bits per heavy atom. The number of anilines is 1. The molecule has 2 aromatic heterocycles. The first kappa shape index (κ1) is 29.2. The number of nitro benzene ring substituents is 2. The SMILES string of the molecule is Cc1nnc(Sc2ccc(C=Nc3ccc4nc(SCC(=O)Nc5ccc(F)c([N+](=O)[O-])c5)sc4c3)cc2[N+](=O)[O-])s1. The number of carbonyl (C=O) groups excluding carboxylic acids is 1. The molecule has 0 aliphatic carbocycles. The van der Waals surface area contributed by atoms with Crippen molar-refractivity contribution in [3.05, 3.63) is 91.2 Å². The monoisotopic (exact) mass is 641 g/mol. The van der Waals surface area contributed by atoms with E-state index >= 15 is 0 Å². The molecule has 0 saturated carbocycles. The van der Waals surface area contributed by atoms with E-state index < -0.39 is 27.3 Å². The zero-order chi connectivity index (χ0) is 29.8. The Bertz CT molecular complexity index is 1880. The predicted molar refractivity (Wildman–Crippen MR) is 161 cm³/mol.